The second-order valence-corrected chi connectivity index (χ2v) is 10.4. The van der Waals surface area contributed by atoms with Gasteiger partial charge in [-0.2, -0.15) is 4.31 Å². The predicted octanol–water partition coefficient (Wildman–Crippen LogP) is 4.56. The first-order valence-electron chi connectivity index (χ1n) is 9.66. The lowest BCUT2D eigenvalue weighted by Gasteiger charge is -2.27. The van der Waals surface area contributed by atoms with Gasteiger partial charge in [0.2, 0.25) is 15.9 Å². The number of pyridine rings is 1. The van der Waals surface area contributed by atoms with E-state index in [2.05, 4.69) is 4.98 Å². The van der Waals surface area contributed by atoms with E-state index in [9.17, 15) is 18.0 Å². The lowest BCUT2D eigenvalue weighted by molar-refractivity contribution is -0.122. The zero-order valence-electron chi connectivity index (χ0n) is 16.9. The number of anilines is 1. The van der Waals surface area contributed by atoms with Crippen LogP contribution < -0.4 is 4.90 Å². The molecule has 1 saturated heterocycles. The van der Waals surface area contributed by atoms with Crippen LogP contribution in [0.1, 0.15) is 12.0 Å². The van der Waals surface area contributed by atoms with Crippen LogP contribution in [0.2, 0.25) is 15.1 Å². The highest BCUT2D eigenvalue weighted by Gasteiger charge is 2.47. The van der Waals surface area contributed by atoms with Gasteiger partial charge in [-0.05, 0) is 54.1 Å². The van der Waals surface area contributed by atoms with Crippen molar-refractivity contribution in [3.8, 4) is 0 Å². The summed E-state index contributed by atoms with van der Waals surface area (Å²) < 4.78 is 28.4. The van der Waals surface area contributed by atoms with Gasteiger partial charge in [0.25, 0.3) is 5.91 Å². The van der Waals surface area contributed by atoms with Crippen LogP contribution in [0, 0.1) is 0 Å². The van der Waals surface area contributed by atoms with Crippen LogP contribution in [0.5, 0.6) is 0 Å². The zero-order chi connectivity index (χ0) is 23.8. The van der Waals surface area contributed by atoms with Crippen molar-refractivity contribution in [2.75, 3.05) is 4.90 Å². The van der Waals surface area contributed by atoms with Crippen LogP contribution >= 0.6 is 34.8 Å². The van der Waals surface area contributed by atoms with Gasteiger partial charge in [-0.3, -0.25) is 14.6 Å². The molecular formula is C22H16Cl3N3O4S. The van der Waals surface area contributed by atoms with E-state index < -0.39 is 27.9 Å². The first kappa shape index (κ1) is 23.7. The van der Waals surface area contributed by atoms with Crippen LogP contribution in [-0.4, -0.2) is 35.6 Å². The van der Waals surface area contributed by atoms with Crippen molar-refractivity contribution >= 4 is 62.3 Å². The van der Waals surface area contributed by atoms with Crippen molar-refractivity contribution < 1.29 is 18.0 Å². The summed E-state index contributed by atoms with van der Waals surface area (Å²) in [4.78, 5) is 30.9. The van der Waals surface area contributed by atoms with Crippen LogP contribution in [0.25, 0.3) is 0 Å². The Bertz CT molecular complexity index is 1320. The van der Waals surface area contributed by atoms with Crippen molar-refractivity contribution in [2.45, 2.75) is 23.9 Å². The Labute approximate surface area is 205 Å². The summed E-state index contributed by atoms with van der Waals surface area (Å²) in [6.45, 7) is -0.197. The largest absolute Gasteiger partial charge is 0.274 e. The molecule has 0 saturated carbocycles. The fourth-order valence-corrected chi connectivity index (χ4v) is 5.97. The second kappa shape index (κ2) is 9.40. The van der Waals surface area contributed by atoms with Gasteiger partial charge in [-0.15, -0.1) is 0 Å². The number of halogens is 3. The zero-order valence-corrected chi connectivity index (χ0v) is 19.9. The number of carbonyl (C=O) groups excluding carboxylic acids is 2. The predicted molar refractivity (Wildman–Crippen MR) is 126 cm³/mol. The maximum Gasteiger partial charge on any atom is 0.252 e. The van der Waals surface area contributed by atoms with Gasteiger partial charge < -0.3 is 0 Å². The molecule has 1 aliphatic heterocycles. The van der Waals surface area contributed by atoms with Gasteiger partial charge in [-0.25, -0.2) is 13.3 Å². The third kappa shape index (κ3) is 4.76. The monoisotopic (exact) mass is 523 g/mol. The topological polar surface area (TPSA) is 87.6 Å². The molecular weight excluding hydrogens is 509 g/mol. The molecule has 2 amide bonds. The molecule has 3 aromatic rings. The SMILES string of the molecule is O=C1CC(N(Cc2cccnc2)S(=O)(=O)c2cc(Cl)ccc2Cl)C(=O)N1c1ccc(Cl)cc1. The first-order valence-corrected chi connectivity index (χ1v) is 12.2. The highest BCUT2D eigenvalue weighted by Crippen LogP contribution is 2.34. The fraction of sp³-hybridized carbons (Fsp3) is 0.136. The van der Waals surface area contributed by atoms with Gasteiger partial charge in [0.1, 0.15) is 10.9 Å². The first-order chi connectivity index (χ1) is 15.7. The van der Waals surface area contributed by atoms with E-state index in [1.54, 1.807) is 30.5 Å². The lowest BCUT2D eigenvalue weighted by atomic mass is 10.2. The Morgan fingerprint density at radius 1 is 1.00 bits per heavy atom. The molecule has 1 unspecified atom stereocenters. The molecule has 0 radical (unpaired) electrons. The molecule has 2 aromatic carbocycles. The Balaban J connectivity index is 1.78. The standard InChI is InChI=1S/C22H16Cl3N3O4S/c23-15-3-6-17(7-4-15)28-21(29)11-19(22(28)30)27(13-14-2-1-9-26-12-14)33(31,32)20-10-16(24)5-8-18(20)25/h1-10,12,19H,11,13H2. The molecule has 33 heavy (non-hydrogen) atoms. The average molecular weight is 525 g/mol. The molecule has 1 fully saturated rings. The summed E-state index contributed by atoms with van der Waals surface area (Å²) in [5, 5.41) is 0.545. The number of imide groups is 1. The summed E-state index contributed by atoms with van der Waals surface area (Å²) in [5.74, 6) is -1.20. The molecule has 1 aromatic heterocycles. The van der Waals surface area contributed by atoms with E-state index in [1.165, 1.54) is 36.5 Å². The van der Waals surface area contributed by atoms with Crippen LogP contribution in [0.3, 0.4) is 0 Å². The van der Waals surface area contributed by atoms with Gasteiger partial charge in [0, 0.05) is 29.0 Å². The van der Waals surface area contributed by atoms with Crippen molar-refractivity contribution in [1.82, 2.24) is 9.29 Å². The summed E-state index contributed by atoms with van der Waals surface area (Å²) >= 11 is 18.1. The Kier molecular flexibility index (Phi) is 6.74. The molecule has 2 heterocycles. The molecule has 0 aliphatic carbocycles. The number of rotatable bonds is 6. The number of hydrogen-bond acceptors (Lipinski definition) is 5. The van der Waals surface area contributed by atoms with E-state index in [-0.39, 0.29) is 27.9 Å². The molecule has 7 nitrogen and oxygen atoms in total. The van der Waals surface area contributed by atoms with Crippen molar-refractivity contribution in [3.63, 3.8) is 0 Å². The smallest absolute Gasteiger partial charge is 0.252 e. The highest BCUT2D eigenvalue weighted by molar-refractivity contribution is 7.89. The number of aromatic nitrogens is 1. The van der Waals surface area contributed by atoms with Gasteiger partial charge in [0.05, 0.1) is 17.1 Å². The van der Waals surface area contributed by atoms with E-state index in [0.29, 0.717) is 16.3 Å². The quantitative estimate of drug-likeness (QED) is 0.441. The van der Waals surface area contributed by atoms with Crippen molar-refractivity contribution in [1.29, 1.82) is 0 Å². The number of hydrogen-bond donors (Lipinski definition) is 0. The summed E-state index contributed by atoms with van der Waals surface area (Å²) in [7, 11) is -4.34. The highest BCUT2D eigenvalue weighted by atomic mass is 35.5. The Morgan fingerprint density at radius 2 is 1.70 bits per heavy atom. The summed E-state index contributed by atoms with van der Waals surface area (Å²) in [6, 6.07) is 12.2. The summed E-state index contributed by atoms with van der Waals surface area (Å²) in [5.41, 5.74) is 0.834. The number of nitrogens with zero attached hydrogens (tertiary/aromatic N) is 3. The molecule has 1 atom stereocenters. The van der Waals surface area contributed by atoms with Crippen LogP contribution in [0.15, 0.2) is 71.9 Å². The van der Waals surface area contributed by atoms with E-state index in [4.69, 9.17) is 34.8 Å². The Morgan fingerprint density at radius 3 is 2.36 bits per heavy atom. The molecule has 170 valence electrons. The van der Waals surface area contributed by atoms with E-state index in [1.807, 2.05) is 0 Å². The number of sulfonamides is 1. The summed E-state index contributed by atoms with van der Waals surface area (Å²) in [6.07, 6.45) is 2.70. The van der Waals surface area contributed by atoms with Crippen molar-refractivity contribution in [2.24, 2.45) is 0 Å². The minimum atomic E-state index is -4.34. The number of amides is 2. The third-order valence-corrected chi connectivity index (χ3v) is 7.92. The molecule has 11 heteroatoms. The molecule has 1 aliphatic rings. The molecule has 0 bridgehead atoms. The molecule has 4 rings (SSSR count). The van der Waals surface area contributed by atoms with Crippen LogP contribution in [0.4, 0.5) is 5.69 Å². The van der Waals surface area contributed by atoms with E-state index in [0.717, 1.165) is 9.21 Å². The minimum Gasteiger partial charge on any atom is -0.274 e. The molecule has 0 N–H and O–H groups in total. The van der Waals surface area contributed by atoms with Gasteiger partial charge in [0.15, 0.2) is 0 Å². The second-order valence-electron chi connectivity index (χ2n) is 7.25. The molecule has 0 spiro atoms. The number of benzene rings is 2. The van der Waals surface area contributed by atoms with E-state index >= 15 is 0 Å². The third-order valence-electron chi connectivity index (χ3n) is 5.10. The van der Waals surface area contributed by atoms with Gasteiger partial charge in [-0.1, -0.05) is 40.9 Å². The fourth-order valence-electron chi connectivity index (χ4n) is 3.54. The number of carbonyl (C=O) groups is 2. The maximum absolute atomic E-state index is 13.7. The van der Waals surface area contributed by atoms with Crippen LogP contribution in [-0.2, 0) is 26.2 Å². The Hall–Kier alpha value is -2.49. The lowest BCUT2D eigenvalue weighted by Crippen LogP contribution is -2.45. The minimum absolute atomic E-state index is 0.0538. The maximum atomic E-state index is 13.7. The van der Waals surface area contributed by atoms with Crippen molar-refractivity contribution in [3.05, 3.63) is 87.6 Å². The normalized spacial score (nSPS) is 16.6. The van der Waals surface area contributed by atoms with Gasteiger partial charge >= 0.3 is 0 Å². The average Bonchev–Trinajstić information content (AvgIpc) is 3.08.